The van der Waals surface area contributed by atoms with Crippen molar-refractivity contribution in [3.63, 3.8) is 0 Å². The summed E-state index contributed by atoms with van der Waals surface area (Å²) in [5.41, 5.74) is 1.69. The second kappa shape index (κ2) is 5.58. The fraction of sp³-hybridized carbons (Fsp3) is 0.0714. The van der Waals surface area contributed by atoms with Gasteiger partial charge >= 0.3 is 6.11 Å². The SMILES string of the molecule is O=C([O-])C(F)(F)Oc1ccc(-c2ccc(Br)cc2)cc1. The Bertz CT molecular complexity index is 609. The molecule has 2 rings (SSSR count). The molecular formula is C14H8BrF2O3-. The van der Waals surface area contributed by atoms with E-state index in [0.29, 0.717) is 0 Å². The van der Waals surface area contributed by atoms with E-state index in [2.05, 4.69) is 20.7 Å². The summed E-state index contributed by atoms with van der Waals surface area (Å²) in [7, 11) is 0. The fourth-order valence-corrected chi connectivity index (χ4v) is 1.81. The topological polar surface area (TPSA) is 49.4 Å². The highest BCUT2D eigenvalue weighted by Gasteiger charge is 2.33. The third kappa shape index (κ3) is 3.33. The van der Waals surface area contributed by atoms with E-state index < -0.39 is 12.1 Å². The maximum Gasteiger partial charge on any atom is 0.441 e. The summed E-state index contributed by atoms with van der Waals surface area (Å²) in [6, 6.07) is 13.1. The number of hydrogen-bond donors (Lipinski definition) is 0. The molecule has 0 heterocycles. The molecule has 0 saturated carbocycles. The standard InChI is InChI=1S/C14H9BrF2O3/c15-11-5-1-9(2-6-11)10-3-7-12(8-4-10)20-14(16,17)13(18)19/h1-8H,(H,18,19)/p-1. The number of ether oxygens (including phenoxy) is 1. The van der Waals surface area contributed by atoms with Crippen LogP contribution in [0.4, 0.5) is 8.78 Å². The van der Waals surface area contributed by atoms with Crippen molar-refractivity contribution < 1.29 is 23.4 Å². The summed E-state index contributed by atoms with van der Waals surface area (Å²) in [6.45, 7) is 0. The number of carbonyl (C=O) groups excluding carboxylic acids is 1. The van der Waals surface area contributed by atoms with Gasteiger partial charge in [-0.3, -0.25) is 0 Å². The van der Waals surface area contributed by atoms with Crippen LogP contribution in [0.15, 0.2) is 53.0 Å². The lowest BCUT2D eigenvalue weighted by molar-refractivity contribution is -0.350. The van der Waals surface area contributed by atoms with Gasteiger partial charge in [0.15, 0.2) is 5.97 Å². The van der Waals surface area contributed by atoms with Crippen molar-refractivity contribution in [3.8, 4) is 16.9 Å². The first-order valence-electron chi connectivity index (χ1n) is 5.53. The predicted octanol–water partition coefficient (Wildman–Crippen LogP) is 2.84. The quantitative estimate of drug-likeness (QED) is 0.859. The van der Waals surface area contributed by atoms with Crippen LogP contribution in [0.2, 0.25) is 0 Å². The van der Waals surface area contributed by atoms with E-state index in [1.165, 1.54) is 12.1 Å². The molecule has 0 spiro atoms. The molecular weight excluding hydrogens is 334 g/mol. The van der Waals surface area contributed by atoms with E-state index in [-0.39, 0.29) is 5.75 Å². The van der Waals surface area contributed by atoms with Gasteiger partial charge in [0.25, 0.3) is 0 Å². The van der Waals surface area contributed by atoms with Crippen molar-refractivity contribution in [2.75, 3.05) is 0 Å². The van der Waals surface area contributed by atoms with Gasteiger partial charge in [-0.15, -0.1) is 0 Å². The number of rotatable bonds is 4. The van der Waals surface area contributed by atoms with E-state index >= 15 is 0 Å². The second-order valence-corrected chi connectivity index (χ2v) is 4.85. The number of carboxylic acid groups (broad SMARTS) is 1. The molecule has 0 aliphatic rings. The molecule has 0 aromatic heterocycles. The lowest BCUT2D eigenvalue weighted by atomic mass is 10.1. The van der Waals surface area contributed by atoms with E-state index in [0.717, 1.165) is 15.6 Å². The summed E-state index contributed by atoms with van der Waals surface area (Å²) < 4.78 is 30.6. The minimum absolute atomic E-state index is 0.250. The van der Waals surface area contributed by atoms with Crippen molar-refractivity contribution >= 4 is 21.9 Å². The highest BCUT2D eigenvalue weighted by Crippen LogP contribution is 2.26. The molecule has 0 amide bonds. The summed E-state index contributed by atoms with van der Waals surface area (Å²) in [5.74, 6) is -2.82. The van der Waals surface area contributed by atoms with Crippen molar-refractivity contribution in [1.29, 1.82) is 0 Å². The minimum atomic E-state index is -4.35. The smallest absolute Gasteiger partial charge is 0.441 e. The van der Waals surface area contributed by atoms with Gasteiger partial charge in [0.2, 0.25) is 0 Å². The van der Waals surface area contributed by atoms with Gasteiger partial charge in [0, 0.05) is 4.47 Å². The third-order valence-corrected chi connectivity index (χ3v) is 3.04. The molecule has 0 aliphatic carbocycles. The zero-order chi connectivity index (χ0) is 14.8. The first-order chi connectivity index (χ1) is 9.38. The number of aliphatic carboxylic acids is 1. The van der Waals surface area contributed by atoms with Gasteiger partial charge in [0.05, 0.1) is 0 Å². The van der Waals surface area contributed by atoms with E-state index in [9.17, 15) is 18.7 Å². The van der Waals surface area contributed by atoms with Gasteiger partial charge in [-0.05, 0) is 35.4 Å². The molecule has 0 radical (unpaired) electrons. The lowest BCUT2D eigenvalue weighted by Gasteiger charge is -2.18. The van der Waals surface area contributed by atoms with Crippen molar-refractivity contribution in [2.45, 2.75) is 6.11 Å². The van der Waals surface area contributed by atoms with Crippen molar-refractivity contribution in [2.24, 2.45) is 0 Å². The Morgan fingerprint density at radius 3 is 1.90 bits per heavy atom. The fourth-order valence-electron chi connectivity index (χ4n) is 1.55. The van der Waals surface area contributed by atoms with Gasteiger partial charge in [-0.25, -0.2) is 0 Å². The van der Waals surface area contributed by atoms with Gasteiger partial charge < -0.3 is 14.6 Å². The molecule has 0 aliphatic heterocycles. The zero-order valence-corrected chi connectivity index (χ0v) is 11.6. The Balaban J connectivity index is 2.18. The summed E-state index contributed by atoms with van der Waals surface area (Å²) in [5, 5.41) is 10.2. The average molecular weight is 342 g/mol. The van der Waals surface area contributed by atoms with E-state index in [1.807, 2.05) is 24.3 Å². The molecule has 2 aromatic carbocycles. The molecule has 0 fully saturated rings. The first-order valence-corrected chi connectivity index (χ1v) is 6.32. The Morgan fingerprint density at radius 2 is 1.45 bits per heavy atom. The number of halogens is 3. The monoisotopic (exact) mass is 341 g/mol. The molecule has 3 nitrogen and oxygen atoms in total. The van der Waals surface area contributed by atoms with E-state index in [4.69, 9.17) is 0 Å². The zero-order valence-electron chi connectivity index (χ0n) is 9.98. The van der Waals surface area contributed by atoms with Crippen LogP contribution in [0.5, 0.6) is 5.75 Å². The van der Waals surface area contributed by atoms with Crippen LogP contribution in [0.3, 0.4) is 0 Å². The number of benzene rings is 2. The molecule has 0 bridgehead atoms. The Morgan fingerprint density at radius 1 is 1.00 bits per heavy atom. The minimum Gasteiger partial charge on any atom is -0.541 e. The van der Waals surface area contributed by atoms with Crippen LogP contribution in [0.25, 0.3) is 11.1 Å². The first kappa shape index (κ1) is 14.5. The highest BCUT2D eigenvalue weighted by atomic mass is 79.9. The largest absolute Gasteiger partial charge is 0.541 e. The van der Waals surface area contributed by atoms with Crippen LogP contribution < -0.4 is 9.84 Å². The van der Waals surface area contributed by atoms with Crippen LogP contribution in [-0.2, 0) is 4.79 Å². The molecule has 0 saturated heterocycles. The van der Waals surface area contributed by atoms with Crippen molar-refractivity contribution in [3.05, 3.63) is 53.0 Å². The van der Waals surface area contributed by atoms with Gasteiger partial charge in [-0.1, -0.05) is 40.2 Å². The van der Waals surface area contributed by atoms with Crippen LogP contribution in [0.1, 0.15) is 0 Å². The maximum atomic E-state index is 12.8. The van der Waals surface area contributed by atoms with Crippen LogP contribution in [-0.4, -0.2) is 12.1 Å². The number of hydrogen-bond acceptors (Lipinski definition) is 3. The summed E-state index contributed by atoms with van der Waals surface area (Å²) in [6.07, 6.45) is -4.35. The lowest BCUT2D eigenvalue weighted by Crippen LogP contribution is -2.45. The predicted molar refractivity (Wildman–Crippen MR) is 70.2 cm³/mol. The molecule has 2 aromatic rings. The Labute approximate surface area is 121 Å². The highest BCUT2D eigenvalue weighted by molar-refractivity contribution is 9.10. The summed E-state index contributed by atoms with van der Waals surface area (Å²) in [4.78, 5) is 10.2. The van der Waals surface area contributed by atoms with Gasteiger partial charge in [-0.2, -0.15) is 8.78 Å². The van der Waals surface area contributed by atoms with Crippen LogP contribution >= 0.6 is 15.9 Å². The molecule has 0 unspecified atom stereocenters. The Hall–Kier alpha value is -1.95. The molecule has 6 heteroatoms. The normalized spacial score (nSPS) is 11.2. The third-order valence-electron chi connectivity index (χ3n) is 2.52. The number of alkyl halides is 2. The second-order valence-electron chi connectivity index (χ2n) is 3.94. The molecule has 104 valence electrons. The average Bonchev–Trinajstić information content (AvgIpc) is 2.40. The summed E-state index contributed by atoms with van der Waals surface area (Å²) >= 11 is 3.31. The number of carbonyl (C=O) groups is 1. The van der Waals surface area contributed by atoms with Crippen LogP contribution in [0, 0.1) is 0 Å². The Kier molecular flexibility index (Phi) is 4.04. The molecule has 20 heavy (non-hydrogen) atoms. The van der Waals surface area contributed by atoms with Crippen molar-refractivity contribution in [1.82, 2.24) is 0 Å². The van der Waals surface area contributed by atoms with E-state index in [1.54, 1.807) is 12.1 Å². The van der Waals surface area contributed by atoms with Gasteiger partial charge in [0.1, 0.15) is 5.75 Å². The molecule has 0 N–H and O–H groups in total. The molecule has 0 atom stereocenters. The maximum absolute atomic E-state index is 12.8. The number of carboxylic acids is 1.